The lowest BCUT2D eigenvalue weighted by Crippen LogP contribution is -2.05. The molecule has 0 amide bonds. The van der Waals surface area contributed by atoms with E-state index in [-0.39, 0.29) is 0 Å². The van der Waals surface area contributed by atoms with Gasteiger partial charge in [-0.1, -0.05) is 25.1 Å². The predicted octanol–water partition coefficient (Wildman–Crippen LogP) is 2.69. The van der Waals surface area contributed by atoms with Crippen LogP contribution in [0.4, 0.5) is 5.82 Å². The van der Waals surface area contributed by atoms with Crippen LogP contribution in [0.15, 0.2) is 24.3 Å². The monoisotopic (exact) mass is 218 g/mol. The first-order valence-electron chi connectivity index (χ1n) is 5.32. The topological polar surface area (TPSA) is 65.1 Å². The summed E-state index contributed by atoms with van der Waals surface area (Å²) < 4.78 is 0. The Hall–Kier alpha value is -1.97. The number of hydrogen-bond donors (Lipinski definition) is 3. The Bertz CT molecular complexity index is 517. The van der Waals surface area contributed by atoms with Crippen LogP contribution < -0.4 is 5.32 Å². The molecule has 4 heteroatoms. The Kier molecular flexibility index (Phi) is 2.81. The molecule has 84 valence electrons. The minimum Gasteiger partial charge on any atom is -0.478 e. The van der Waals surface area contributed by atoms with Crippen LogP contribution in [0.3, 0.4) is 0 Å². The van der Waals surface area contributed by atoms with Crippen molar-refractivity contribution in [2.24, 2.45) is 0 Å². The highest BCUT2D eigenvalue weighted by Crippen LogP contribution is 2.25. The number of nitrogens with one attached hydrogen (secondary N) is 2. The molecule has 0 aliphatic heterocycles. The SMILES string of the molecule is CCCNc1[nH]c2ccccc2c1C(=O)O. The van der Waals surface area contributed by atoms with Gasteiger partial charge < -0.3 is 15.4 Å². The number of aromatic amines is 1. The molecule has 0 aliphatic carbocycles. The minimum atomic E-state index is -0.906. The number of fused-ring (bicyclic) bond motifs is 1. The van der Waals surface area contributed by atoms with E-state index in [2.05, 4.69) is 10.3 Å². The summed E-state index contributed by atoms with van der Waals surface area (Å²) in [4.78, 5) is 14.3. The number of aromatic carboxylic acids is 1. The van der Waals surface area contributed by atoms with Crippen LogP contribution in [-0.2, 0) is 0 Å². The lowest BCUT2D eigenvalue weighted by molar-refractivity contribution is 0.0700. The van der Waals surface area contributed by atoms with Crippen LogP contribution >= 0.6 is 0 Å². The molecule has 1 aromatic carbocycles. The van der Waals surface area contributed by atoms with Gasteiger partial charge in [-0.15, -0.1) is 0 Å². The summed E-state index contributed by atoms with van der Waals surface area (Å²) in [6.45, 7) is 2.79. The highest BCUT2D eigenvalue weighted by Gasteiger charge is 2.16. The third-order valence-electron chi connectivity index (χ3n) is 2.47. The quantitative estimate of drug-likeness (QED) is 0.739. The summed E-state index contributed by atoms with van der Waals surface area (Å²) in [5, 5.41) is 13.0. The first-order chi connectivity index (χ1) is 7.74. The first kappa shape index (κ1) is 10.5. The number of aromatic nitrogens is 1. The van der Waals surface area contributed by atoms with Gasteiger partial charge in [0.05, 0.1) is 0 Å². The summed E-state index contributed by atoms with van der Waals surface area (Å²) in [6, 6.07) is 7.41. The number of para-hydroxylation sites is 1. The van der Waals surface area contributed by atoms with Gasteiger partial charge in [0.2, 0.25) is 0 Å². The van der Waals surface area contributed by atoms with Crippen molar-refractivity contribution in [3.05, 3.63) is 29.8 Å². The molecular formula is C12H14N2O2. The number of benzene rings is 1. The van der Waals surface area contributed by atoms with Crippen molar-refractivity contribution in [2.45, 2.75) is 13.3 Å². The lowest BCUT2D eigenvalue weighted by Gasteiger charge is -2.02. The number of H-pyrrole nitrogens is 1. The molecule has 0 aliphatic rings. The second-order valence-corrected chi connectivity index (χ2v) is 3.65. The Morgan fingerprint density at radius 2 is 2.19 bits per heavy atom. The van der Waals surface area contributed by atoms with E-state index in [1.807, 2.05) is 31.2 Å². The Morgan fingerprint density at radius 3 is 2.88 bits per heavy atom. The van der Waals surface area contributed by atoms with Gasteiger partial charge in [0.15, 0.2) is 0 Å². The summed E-state index contributed by atoms with van der Waals surface area (Å²) in [5.41, 5.74) is 1.17. The fourth-order valence-corrected chi connectivity index (χ4v) is 1.75. The van der Waals surface area contributed by atoms with E-state index in [1.165, 1.54) is 0 Å². The highest BCUT2D eigenvalue weighted by molar-refractivity contribution is 6.08. The van der Waals surface area contributed by atoms with Gasteiger partial charge in [0, 0.05) is 17.4 Å². The van der Waals surface area contributed by atoms with Crippen LogP contribution in [0.25, 0.3) is 10.9 Å². The molecule has 1 aromatic heterocycles. The standard InChI is InChI=1S/C12H14N2O2/c1-2-7-13-11-10(12(15)16)8-5-3-4-6-9(8)14-11/h3-6,13-14H,2,7H2,1H3,(H,15,16). The van der Waals surface area contributed by atoms with Crippen LogP contribution in [0.2, 0.25) is 0 Å². The zero-order chi connectivity index (χ0) is 11.5. The molecule has 0 atom stereocenters. The molecular weight excluding hydrogens is 204 g/mol. The molecule has 0 saturated heterocycles. The zero-order valence-corrected chi connectivity index (χ0v) is 9.08. The van der Waals surface area contributed by atoms with Gasteiger partial charge in [-0.25, -0.2) is 4.79 Å². The third-order valence-corrected chi connectivity index (χ3v) is 2.47. The number of rotatable bonds is 4. The van der Waals surface area contributed by atoms with Gasteiger partial charge in [0.1, 0.15) is 11.4 Å². The maximum absolute atomic E-state index is 11.2. The second kappa shape index (κ2) is 4.26. The molecule has 3 N–H and O–H groups in total. The van der Waals surface area contributed by atoms with Crippen molar-refractivity contribution < 1.29 is 9.90 Å². The molecule has 2 aromatic rings. The highest BCUT2D eigenvalue weighted by atomic mass is 16.4. The van der Waals surface area contributed by atoms with Crippen LogP contribution in [0.1, 0.15) is 23.7 Å². The maximum atomic E-state index is 11.2. The molecule has 0 saturated carbocycles. The Balaban J connectivity index is 2.54. The smallest absolute Gasteiger partial charge is 0.340 e. The molecule has 0 bridgehead atoms. The van der Waals surface area contributed by atoms with E-state index in [1.54, 1.807) is 0 Å². The number of carbonyl (C=O) groups is 1. The summed E-state index contributed by atoms with van der Waals surface area (Å²) in [7, 11) is 0. The van der Waals surface area contributed by atoms with E-state index in [0.717, 1.165) is 23.9 Å². The predicted molar refractivity (Wildman–Crippen MR) is 64.0 cm³/mol. The number of carboxylic acid groups (broad SMARTS) is 1. The maximum Gasteiger partial charge on any atom is 0.340 e. The molecule has 1 heterocycles. The average Bonchev–Trinajstić information content (AvgIpc) is 2.64. The van der Waals surface area contributed by atoms with Crippen molar-refractivity contribution >= 4 is 22.7 Å². The lowest BCUT2D eigenvalue weighted by atomic mass is 10.1. The summed E-state index contributed by atoms with van der Waals surface area (Å²) in [6.07, 6.45) is 0.953. The fourth-order valence-electron chi connectivity index (χ4n) is 1.75. The number of anilines is 1. The molecule has 4 nitrogen and oxygen atoms in total. The second-order valence-electron chi connectivity index (χ2n) is 3.65. The minimum absolute atomic E-state index is 0.323. The van der Waals surface area contributed by atoms with E-state index in [9.17, 15) is 9.90 Å². The Morgan fingerprint density at radius 1 is 1.44 bits per heavy atom. The van der Waals surface area contributed by atoms with Crippen molar-refractivity contribution in [3.8, 4) is 0 Å². The van der Waals surface area contributed by atoms with Gasteiger partial charge in [0.25, 0.3) is 0 Å². The van der Waals surface area contributed by atoms with Crippen molar-refractivity contribution in [2.75, 3.05) is 11.9 Å². The number of hydrogen-bond acceptors (Lipinski definition) is 2. The van der Waals surface area contributed by atoms with Gasteiger partial charge in [-0.2, -0.15) is 0 Å². The molecule has 2 rings (SSSR count). The molecule has 0 fully saturated rings. The van der Waals surface area contributed by atoms with Gasteiger partial charge in [-0.05, 0) is 12.5 Å². The van der Waals surface area contributed by atoms with Crippen LogP contribution in [-0.4, -0.2) is 22.6 Å². The van der Waals surface area contributed by atoms with Crippen molar-refractivity contribution in [1.82, 2.24) is 4.98 Å². The molecule has 16 heavy (non-hydrogen) atoms. The van der Waals surface area contributed by atoms with Crippen LogP contribution in [0, 0.1) is 0 Å². The van der Waals surface area contributed by atoms with E-state index in [4.69, 9.17) is 0 Å². The average molecular weight is 218 g/mol. The van der Waals surface area contributed by atoms with E-state index in [0.29, 0.717) is 11.4 Å². The van der Waals surface area contributed by atoms with Crippen molar-refractivity contribution in [1.29, 1.82) is 0 Å². The third kappa shape index (κ3) is 1.74. The number of carboxylic acids is 1. The molecule has 0 radical (unpaired) electrons. The largest absolute Gasteiger partial charge is 0.478 e. The van der Waals surface area contributed by atoms with E-state index < -0.39 is 5.97 Å². The first-order valence-corrected chi connectivity index (χ1v) is 5.32. The van der Waals surface area contributed by atoms with Gasteiger partial charge in [-0.3, -0.25) is 0 Å². The fraction of sp³-hybridized carbons (Fsp3) is 0.250. The van der Waals surface area contributed by atoms with Crippen molar-refractivity contribution in [3.63, 3.8) is 0 Å². The van der Waals surface area contributed by atoms with Crippen LogP contribution in [0.5, 0.6) is 0 Å². The summed E-state index contributed by atoms with van der Waals surface area (Å²) in [5.74, 6) is -0.313. The molecule has 0 unspecified atom stereocenters. The van der Waals surface area contributed by atoms with E-state index >= 15 is 0 Å². The summed E-state index contributed by atoms with van der Waals surface area (Å²) >= 11 is 0. The zero-order valence-electron chi connectivity index (χ0n) is 9.08. The molecule has 0 spiro atoms. The normalized spacial score (nSPS) is 10.6. The Labute approximate surface area is 93.3 Å². The van der Waals surface area contributed by atoms with Gasteiger partial charge >= 0.3 is 5.97 Å².